The van der Waals surface area contributed by atoms with E-state index in [0.717, 1.165) is 36.9 Å². The van der Waals surface area contributed by atoms with Crippen LogP contribution in [0.1, 0.15) is 34.5 Å². The summed E-state index contributed by atoms with van der Waals surface area (Å²) in [4.78, 5) is 16.7. The number of sulfone groups is 1. The lowest BCUT2D eigenvalue weighted by atomic mass is 9.95. The predicted octanol–water partition coefficient (Wildman–Crippen LogP) is 0.502. The first-order valence-electron chi connectivity index (χ1n) is 7.50. The molecule has 1 N–H and O–H groups in total. The van der Waals surface area contributed by atoms with Crippen molar-refractivity contribution in [1.29, 1.82) is 0 Å². The molecule has 1 aliphatic heterocycles. The number of pyridine rings is 1. The van der Waals surface area contributed by atoms with Gasteiger partial charge in [-0.1, -0.05) is 0 Å². The molecule has 0 unspecified atom stereocenters. The summed E-state index contributed by atoms with van der Waals surface area (Å²) in [6.45, 7) is 0. The number of carbonyl (C=O) groups is 1. The standard InChI is InChI=1S/C15H20N2O4S/c1-21-14-9-22(19,20)8-13(14)17-15(18)11-6-10-4-2-3-5-12(10)16-7-11/h6-7,13-14H,2-5,8-9H2,1H3,(H,17,18)/t13-,14-/m1/s1. The number of fused-ring (bicyclic) bond motifs is 1. The van der Waals surface area contributed by atoms with E-state index >= 15 is 0 Å². The molecule has 1 saturated heterocycles. The number of hydrogen-bond acceptors (Lipinski definition) is 5. The second kappa shape index (κ2) is 5.96. The zero-order valence-corrected chi connectivity index (χ0v) is 13.4. The number of nitrogens with zero attached hydrogens (tertiary/aromatic N) is 1. The third kappa shape index (κ3) is 3.15. The van der Waals surface area contributed by atoms with Gasteiger partial charge in [0.15, 0.2) is 9.84 Å². The third-order valence-electron chi connectivity index (χ3n) is 4.35. The van der Waals surface area contributed by atoms with Crippen LogP contribution in [0.3, 0.4) is 0 Å². The second-order valence-electron chi connectivity index (χ2n) is 5.97. The molecule has 2 aliphatic rings. The molecule has 120 valence electrons. The van der Waals surface area contributed by atoms with Gasteiger partial charge in [-0.3, -0.25) is 9.78 Å². The van der Waals surface area contributed by atoms with Crippen LogP contribution < -0.4 is 5.32 Å². The van der Waals surface area contributed by atoms with Crippen molar-refractivity contribution in [2.45, 2.75) is 37.8 Å². The van der Waals surface area contributed by atoms with Crippen molar-refractivity contribution in [1.82, 2.24) is 10.3 Å². The molecule has 1 aliphatic carbocycles. The lowest BCUT2D eigenvalue weighted by Crippen LogP contribution is -2.43. The van der Waals surface area contributed by atoms with Gasteiger partial charge in [0.2, 0.25) is 0 Å². The molecule has 0 aromatic carbocycles. The van der Waals surface area contributed by atoms with E-state index in [2.05, 4.69) is 10.3 Å². The summed E-state index contributed by atoms with van der Waals surface area (Å²) in [5.74, 6) is -0.406. The summed E-state index contributed by atoms with van der Waals surface area (Å²) in [5, 5.41) is 2.78. The highest BCUT2D eigenvalue weighted by atomic mass is 32.2. The summed E-state index contributed by atoms with van der Waals surface area (Å²) in [6, 6.07) is 1.38. The van der Waals surface area contributed by atoms with Gasteiger partial charge in [-0.05, 0) is 37.3 Å². The smallest absolute Gasteiger partial charge is 0.253 e. The molecule has 2 atom stereocenters. The fraction of sp³-hybridized carbons (Fsp3) is 0.600. The van der Waals surface area contributed by atoms with Crippen LogP contribution >= 0.6 is 0 Å². The normalized spacial score (nSPS) is 26.4. The maximum atomic E-state index is 12.4. The number of aryl methyl sites for hydroxylation is 2. The Morgan fingerprint density at radius 3 is 2.86 bits per heavy atom. The highest BCUT2D eigenvalue weighted by molar-refractivity contribution is 7.91. The molecule has 7 heteroatoms. The Labute approximate surface area is 130 Å². The molecule has 0 spiro atoms. The van der Waals surface area contributed by atoms with Crippen LogP contribution in [-0.4, -0.2) is 50.1 Å². The van der Waals surface area contributed by atoms with Crippen molar-refractivity contribution >= 4 is 15.7 Å². The van der Waals surface area contributed by atoms with Gasteiger partial charge in [-0.25, -0.2) is 8.42 Å². The van der Waals surface area contributed by atoms with Crippen LogP contribution in [-0.2, 0) is 27.4 Å². The zero-order valence-electron chi connectivity index (χ0n) is 12.5. The topological polar surface area (TPSA) is 85.4 Å². The summed E-state index contributed by atoms with van der Waals surface area (Å²) >= 11 is 0. The third-order valence-corrected chi connectivity index (χ3v) is 6.05. The van der Waals surface area contributed by atoms with Gasteiger partial charge in [-0.15, -0.1) is 0 Å². The first-order valence-corrected chi connectivity index (χ1v) is 9.32. The van der Waals surface area contributed by atoms with Crippen LogP contribution in [0.15, 0.2) is 12.3 Å². The number of methoxy groups -OCH3 is 1. The highest BCUT2D eigenvalue weighted by Crippen LogP contribution is 2.21. The Morgan fingerprint density at radius 2 is 2.09 bits per heavy atom. The average Bonchev–Trinajstić information content (AvgIpc) is 2.80. The summed E-state index contributed by atoms with van der Waals surface area (Å²) < 4.78 is 28.5. The van der Waals surface area contributed by atoms with Crippen LogP contribution in [0, 0.1) is 0 Å². The predicted molar refractivity (Wildman–Crippen MR) is 81.6 cm³/mol. The summed E-state index contributed by atoms with van der Waals surface area (Å²) in [6.07, 6.45) is 5.25. The zero-order chi connectivity index (χ0) is 15.7. The number of amides is 1. The number of aromatic nitrogens is 1. The quantitative estimate of drug-likeness (QED) is 0.875. The van der Waals surface area contributed by atoms with E-state index in [1.165, 1.54) is 7.11 Å². The first kappa shape index (κ1) is 15.4. The van der Waals surface area contributed by atoms with Crippen LogP contribution in [0.25, 0.3) is 0 Å². The summed E-state index contributed by atoms with van der Waals surface area (Å²) in [7, 11) is -1.69. The minimum atomic E-state index is -3.15. The van der Waals surface area contributed by atoms with E-state index < -0.39 is 22.0 Å². The Kier molecular flexibility index (Phi) is 4.18. The molecule has 3 rings (SSSR count). The Bertz CT molecular complexity index is 687. The van der Waals surface area contributed by atoms with E-state index in [4.69, 9.17) is 4.74 Å². The maximum absolute atomic E-state index is 12.4. The molecule has 1 fully saturated rings. The Morgan fingerprint density at radius 1 is 1.32 bits per heavy atom. The number of carbonyl (C=O) groups excluding carboxylic acids is 1. The molecule has 0 bridgehead atoms. The first-order chi connectivity index (χ1) is 10.5. The average molecular weight is 324 g/mol. The number of nitrogens with one attached hydrogen (secondary N) is 1. The fourth-order valence-corrected chi connectivity index (χ4v) is 5.00. The molecule has 2 heterocycles. The lowest BCUT2D eigenvalue weighted by molar-refractivity contribution is 0.0786. The van der Waals surface area contributed by atoms with E-state index in [9.17, 15) is 13.2 Å². The van der Waals surface area contributed by atoms with Crippen molar-refractivity contribution in [2.75, 3.05) is 18.6 Å². The van der Waals surface area contributed by atoms with Gasteiger partial charge in [0, 0.05) is 19.0 Å². The molecule has 0 radical (unpaired) electrons. The van der Waals surface area contributed by atoms with Crippen molar-refractivity contribution in [2.24, 2.45) is 0 Å². The van der Waals surface area contributed by atoms with Gasteiger partial charge in [-0.2, -0.15) is 0 Å². The monoisotopic (exact) mass is 324 g/mol. The Hall–Kier alpha value is -1.47. The van der Waals surface area contributed by atoms with E-state index in [-0.39, 0.29) is 17.4 Å². The van der Waals surface area contributed by atoms with E-state index in [1.807, 2.05) is 6.07 Å². The molecular weight excluding hydrogens is 304 g/mol. The number of ether oxygens (including phenoxy) is 1. The molecule has 22 heavy (non-hydrogen) atoms. The van der Waals surface area contributed by atoms with E-state index in [1.54, 1.807) is 6.20 Å². The molecule has 1 aromatic rings. The van der Waals surface area contributed by atoms with Crippen molar-refractivity contribution < 1.29 is 17.9 Å². The number of hydrogen-bond donors (Lipinski definition) is 1. The second-order valence-corrected chi connectivity index (χ2v) is 8.12. The lowest BCUT2D eigenvalue weighted by Gasteiger charge is -2.19. The summed E-state index contributed by atoms with van der Waals surface area (Å²) in [5.41, 5.74) is 2.68. The van der Waals surface area contributed by atoms with Gasteiger partial charge >= 0.3 is 0 Å². The number of rotatable bonds is 3. The molecule has 6 nitrogen and oxygen atoms in total. The highest BCUT2D eigenvalue weighted by Gasteiger charge is 2.38. The van der Waals surface area contributed by atoms with Crippen molar-refractivity contribution in [3.8, 4) is 0 Å². The molecule has 1 amide bonds. The minimum Gasteiger partial charge on any atom is -0.378 e. The van der Waals surface area contributed by atoms with Crippen LogP contribution in [0.4, 0.5) is 0 Å². The largest absolute Gasteiger partial charge is 0.378 e. The Balaban J connectivity index is 1.74. The molecule has 1 aromatic heterocycles. The van der Waals surface area contributed by atoms with Gasteiger partial charge in [0.25, 0.3) is 5.91 Å². The van der Waals surface area contributed by atoms with Crippen molar-refractivity contribution in [3.63, 3.8) is 0 Å². The van der Waals surface area contributed by atoms with E-state index in [0.29, 0.717) is 5.56 Å². The SMILES string of the molecule is CO[C@@H]1CS(=O)(=O)C[C@H]1NC(=O)c1cnc2c(c1)CCCC2. The van der Waals surface area contributed by atoms with Gasteiger partial charge in [0.1, 0.15) is 0 Å². The molecular formula is C15H20N2O4S. The maximum Gasteiger partial charge on any atom is 0.253 e. The fourth-order valence-electron chi connectivity index (χ4n) is 3.15. The van der Waals surface area contributed by atoms with Crippen LogP contribution in [0.5, 0.6) is 0 Å². The minimum absolute atomic E-state index is 0.0448. The van der Waals surface area contributed by atoms with Crippen LogP contribution in [0.2, 0.25) is 0 Å². The van der Waals surface area contributed by atoms with Gasteiger partial charge < -0.3 is 10.1 Å². The van der Waals surface area contributed by atoms with Crippen molar-refractivity contribution in [3.05, 3.63) is 29.1 Å². The molecule has 0 saturated carbocycles. The van der Waals surface area contributed by atoms with Gasteiger partial charge in [0.05, 0.1) is 29.2 Å².